The summed E-state index contributed by atoms with van der Waals surface area (Å²) in [5.74, 6) is -0.328. The molecule has 0 aliphatic rings. The molecule has 0 radical (unpaired) electrons. The lowest BCUT2D eigenvalue weighted by atomic mass is 10.0. The molecule has 0 aliphatic heterocycles. The normalized spacial score (nSPS) is 10.5. The second-order valence-electron chi connectivity index (χ2n) is 4.70. The molecule has 0 saturated carbocycles. The molecule has 0 heterocycles. The molecule has 0 unspecified atom stereocenters. The Morgan fingerprint density at radius 2 is 2.00 bits per heavy atom. The minimum atomic E-state index is -0.350. The van der Waals surface area contributed by atoms with E-state index in [0.717, 1.165) is 5.56 Å². The van der Waals surface area contributed by atoms with Crippen molar-refractivity contribution in [2.45, 2.75) is 19.3 Å². The first-order chi connectivity index (χ1) is 9.54. The fourth-order valence-corrected chi connectivity index (χ4v) is 2.33. The van der Waals surface area contributed by atoms with Gasteiger partial charge in [-0.25, -0.2) is 4.39 Å². The van der Waals surface area contributed by atoms with E-state index < -0.39 is 0 Å². The summed E-state index contributed by atoms with van der Waals surface area (Å²) in [4.78, 5) is 11.9. The fourth-order valence-electron chi connectivity index (χ4n) is 2.00. The smallest absolute Gasteiger partial charge is 0.137 e. The Labute approximate surface area is 125 Å². The Bertz CT molecular complexity index is 628. The van der Waals surface area contributed by atoms with Gasteiger partial charge in [0.15, 0.2) is 0 Å². The Morgan fingerprint density at radius 1 is 1.20 bits per heavy atom. The molecule has 104 valence electrons. The van der Waals surface area contributed by atoms with Crippen molar-refractivity contribution in [3.63, 3.8) is 0 Å². The molecule has 2 rings (SSSR count). The first-order valence-corrected chi connectivity index (χ1v) is 7.14. The molecule has 0 aliphatic carbocycles. The van der Waals surface area contributed by atoms with E-state index in [0.29, 0.717) is 28.6 Å². The molecule has 0 aromatic heterocycles. The second-order valence-corrected chi connectivity index (χ2v) is 5.61. The van der Waals surface area contributed by atoms with Gasteiger partial charge in [0, 0.05) is 23.0 Å². The second kappa shape index (κ2) is 6.66. The van der Waals surface area contributed by atoms with Crippen molar-refractivity contribution in [3.8, 4) is 0 Å². The highest BCUT2D eigenvalue weighted by Crippen LogP contribution is 2.17. The van der Waals surface area contributed by atoms with Crippen LogP contribution in [0.3, 0.4) is 0 Å². The number of Topliss-reactive ketones (excluding diaryl/α,β-unsaturated/α-hetero) is 1. The summed E-state index contributed by atoms with van der Waals surface area (Å²) >= 11 is 3.19. The summed E-state index contributed by atoms with van der Waals surface area (Å²) in [6, 6.07) is 12.2. The molecule has 2 N–H and O–H groups in total. The van der Waals surface area contributed by atoms with Crippen LogP contribution < -0.4 is 5.73 Å². The highest BCUT2D eigenvalue weighted by Gasteiger charge is 2.09. The number of anilines is 1. The van der Waals surface area contributed by atoms with Gasteiger partial charge in [0.1, 0.15) is 11.6 Å². The van der Waals surface area contributed by atoms with Gasteiger partial charge in [-0.05, 0) is 41.8 Å². The zero-order chi connectivity index (χ0) is 14.5. The number of hydrogen-bond acceptors (Lipinski definition) is 2. The highest BCUT2D eigenvalue weighted by molar-refractivity contribution is 9.10. The minimum Gasteiger partial charge on any atom is -0.399 e. The van der Waals surface area contributed by atoms with Crippen LogP contribution >= 0.6 is 15.9 Å². The van der Waals surface area contributed by atoms with Crippen molar-refractivity contribution < 1.29 is 9.18 Å². The van der Waals surface area contributed by atoms with Crippen LogP contribution in [0.2, 0.25) is 0 Å². The van der Waals surface area contributed by atoms with Crippen LogP contribution in [0.4, 0.5) is 10.1 Å². The molecule has 2 aromatic carbocycles. The van der Waals surface area contributed by atoms with Gasteiger partial charge in [0.2, 0.25) is 0 Å². The lowest BCUT2D eigenvalue weighted by Gasteiger charge is -2.04. The largest absolute Gasteiger partial charge is 0.399 e. The summed E-state index contributed by atoms with van der Waals surface area (Å²) in [6.07, 6.45) is 1.14. The summed E-state index contributed by atoms with van der Waals surface area (Å²) in [5.41, 5.74) is 7.83. The van der Waals surface area contributed by atoms with Crippen molar-refractivity contribution in [1.82, 2.24) is 0 Å². The van der Waals surface area contributed by atoms with Gasteiger partial charge >= 0.3 is 0 Å². The third-order valence-corrected chi connectivity index (χ3v) is 3.54. The van der Waals surface area contributed by atoms with Crippen molar-refractivity contribution in [1.29, 1.82) is 0 Å². The molecule has 0 spiro atoms. The van der Waals surface area contributed by atoms with E-state index in [1.54, 1.807) is 12.1 Å². The summed E-state index contributed by atoms with van der Waals surface area (Å²) < 4.78 is 14.3. The van der Waals surface area contributed by atoms with E-state index in [9.17, 15) is 9.18 Å². The highest BCUT2D eigenvalue weighted by atomic mass is 79.9. The molecular weight excluding hydrogens is 321 g/mol. The number of aryl methyl sites for hydroxylation is 1. The first kappa shape index (κ1) is 14.7. The molecule has 0 saturated heterocycles. The van der Waals surface area contributed by atoms with Crippen molar-refractivity contribution in [3.05, 3.63) is 63.9 Å². The van der Waals surface area contributed by atoms with E-state index in [2.05, 4.69) is 15.9 Å². The molecule has 0 bridgehead atoms. The molecule has 0 amide bonds. The van der Waals surface area contributed by atoms with E-state index in [4.69, 9.17) is 5.73 Å². The van der Waals surface area contributed by atoms with Crippen LogP contribution in [0.5, 0.6) is 0 Å². The molecular formula is C16H15BrFNO. The van der Waals surface area contributed by atoms with Gasteiger partial charge in [-0.3, -0.25) is 4.79 Å². The molecule has 0 atom stereocenters. The van der Waals surface area contributed by atoms with E-state index in [1.807, 2.05) is 24.3 Å². The number of carbonyl (C=O) groups is 1. The third kappa shape index (κ3) is 4.17. The lowest BCUT2D eigenvalue weighted by Crippen LogP contribution is -2.06. The van der Waals surface area contributed by atoms with Crippen LogP contribution in [-0.2, 0) is 17.6 Å². The predicted octanol–water partition coefficient (Wildman–Crippen LogP) is 3.91. The van der Waals surface area contributed by atoms with Crippen molar-refractivity contribution in [2.75, 3.05) is 5.73 Å². The Kier molecular flexibility index (Phi) is 4.90. The maximum absolute atomic E-state index is 13.6. The average molecular weight is 336 g/mol. The first-order valence-electron chi connectivity index (χ1n) is 6.34. The summed E-state index contributed by atoms with van der Waals surface area (Å²) in [6.45, 7) is 0. The molecule has 0 fully saturated rings. The van der Waals surface area contributed by atoms with Crippen molar-refractivity contribution in [2.24, 2.45) is 0 Å². The number of halogens is 2. The monoisotopic (exact) mass is 335 g/mol. The van der Waals surface area contributed by atoms with E-state index in [1.165, 1.54) is 6.07 Å². The standard InChI is InChI=1S/C16H15BrFNO/c17-13-6-5-12(16(18)10-13)9-15(20)7-4-11-2-1-3-14(19)8-11/h1-3,5-6,8,10H,4,7,9,19H2. The Morgan fingerprint density at radius 3 is 2.70 bits per heavy atom. The number of carbonyl (C=O) groups excluding carboxylic acids is 1. The fraction of sp³-hybridized carbons (Fsp3) is 0.188. The number of nitrogens with two attached hydrogens (primary N) is 1. The summed E-state index contributed by atoms with van der Waals surface area (Å²) in [7, 11) is 0. The van der Waals surface area contributed by atoms with E-state index in [-0.39, 0.29) is 18.0 Å². The zero-order valence-electron chi connectivity index (χ0n) is 10.9. The van der Waals surface area contributed by atoms with Gasteiger partial charge in [-0.1, -0.05) is 34.1 Å². The van der Waals surface area contributed by atoms with Gasteiger partial charge in [-0.2, -0.15) is 0 Å². The molecule has 2 nitrogen and oxygen atoms in total. The topological polar surface area (TPSA) is 43.1 Å². The molecule has 2 aromatic rings. The number of ketones is 1. The van der Waals surface area contributed by atoms with Gasteiger partial charge in [0.05, 0.1) is 0 Å². The van der Waals surface area contributed by atoms with Crippen LogP contribution in [0.25, 0.3) is 0 Å². The van der Waals surface area contributed by atoms with E-state index >= 15 is 0 Å². The van der Waals surface area contributed by atoms with Crippen LogP contribution in [0, 0.1) is 5.82 Å². The number of nitrogen functional groups attached to an aromatic ring is 1. The van der Waals surface area contributed by atoms with Crippen LogP contribution in [0.15, 0.2) is 46.9 Å². The Balaban J connectivity index is 1.92. The Hall–Kier alpha value is -1.68. The van der Waals surface area contributed by atoms with Gasteiger partial charge in [0.25, 0.3) is 0 Å². The van der Waals surface area contributed by atoms with Crippen molar-refractivity contribution >= 4 is 27.4 Å². The summed E-state index contributed by atoms with van der Waals surface area (Å²) in [5, 5.41) is 0. The SMILES string of the molecule is Nc1cccc(CCC(=O)Cc2ccc(Br)cc2F)c1. The predicted molar refractivity (Wildman–Crippen MR) is 82.0 cm³/mol. The molecule has 20 heavy (non-hydrogen) atoms. The lowest BCUT2D eigenvalue weighted by molar-refractivity contribution is -0.118. The van der Waals surface area contributed by atoms with Crippen LogP contribution in [-0.4, -0.2) is 5.78 Å². The van der Waals surface area contributed by atoms with Gasteiger partial charge < -0.3 is 5.73 Å². The molecule has 4 heteroatoms. The number of hydrogen-bond donors (Lipinski definition) is 1. The number of rotatable bonds is 5. The maximum Gasteiger partial charge on any atom is 0.137 e. The number of benzene rings is 2. The van der Waals surface area contributed by atoms with Crippen LogP contribution in [0.1, 0.15) is 17.5 Å². The zero-order valence-corrected chi connectivity index (χ0v) is 12.5. The van der Waals surface area contributed by atoms with Gasteiger partial charge in [-0.15, -0.1) is 0 Å². The quantitative estimate of drug-likeness (QED) is 0.841. The third-order valence-electron chi connectivity index (χ3n) is 3.05. The average Bonchev–Trinajstić information content (AvgIpc) is 2.40. The maximum atomic E-state index is 13.6. The minimum absolute atomic E-state index is 0.0219.